The third-order valence-corrected chi connectivity index (χ3v) is 4.63. The zero-order chi connectivity index (χ0) is 18.7. The van der Waals surface area contributed by atoms with Gasteiger partial charge in [-0.2, -0.15) is 0 Å². The summed E-state index contributed by atoms with van der Waals surface area (Å²) in [5, 5.41) is 0. The molecule has 136 valence electrons. The van der Waals surface area contributed by atoms with Crippen molar-refractivity contribution in [1.29, 1.82) is 0 Å². The summed E-state index contributed by atoms with van der Waals surface area (Å²) in [6.07, 6.45) is 0.797. The molecule has 2 aromatic carbocycles. The first-order chi connectivity index (χ1) is 12.5. The van der Waals surface area contributed by atoms with Gasteiger partial charge < -0.3 is 19.8 Å². The summed E-state index contributed by atoms with van der Waals surface area (Å²) < 4.78 is 13.5. The second-order valence-electron chi connectivity index (χ2n) is 5.76. The Kier molecular flexibility index (Phi) is 5.46. The Labute approximate surface area is 160 Å². The van der Waals surface area contributed by atoms with Crippen molar-refractivity contribution < 1.29 is 14.3 Å². The van der Waals surface area contributed by atoms with Crippen LogP contribution in [0.3, 0.4) is 0 Å². The predicted octanol–water partition coefficient (Wildman–Crippen LogP) is 3.81. The largest absolute Gasteiger partial charge is 0.494 e. The maximum Gasteiger partial charge on any atom is 0.338 e. The standard InChI is InChI=1S/C19H20BrN3O3/c1-3-26-18(24)13-10-15-17(16(11-13)25-2)23(19(21)22-15)9-8-12-4-6-14(20)7-5-12/h4-7,10-11H,3,8-9H2,1-2H3,(H2,21,22). The van der Waals surface area contributed by atoms with Gasteiger partial charge >= 0.3 is 5.97 Å². The fourth-order valence-corrected chi connectivity index (χ4v) is 3.12. The van der Waals surface area contributed by atoms with Crippen LogP contribution in [0.4, 0.5) is 5.95 Å². The molecular formula is C19H20BrN3O3. The highest BCUT2D eigenvalue weighted by molar-refractivity contribution is 9.10. The highest BCUT2D eigenvalue weighted by Crippen LogP contribution is 2.30. The zero-order valence-electron chi connectivity index (χ0n) is 14.7. The van der Waals surface area contributed by atoms with Gasteiger partial charge in [-0.05, 0) is 43.2 Å². The number of aromatic nitrogens is 2. The van der Waals surface area contributed by atoms with Crippen molar-refractivity contribution in [3.63, 3.8) is 0 Å². The lowest BCUT2D eigenvalue weighted by Gasteiger charge is -2.11. The van der Waals surface area contributed by atoms with E-state index in [1.807, 2.05) is 16.7 Å². The molecule has 0 aliphatic carbocycles. The van der Waals surface area contributed by atoms with Crippen LogP contribution in [-0.2, 0) is 17.7 Å². The van der Waals surface area contributed by atoms with Crippen LogP contribution in [0.1, 0.15) is 22.8 Å². The molecule has 3 rings (SSSR count). The van der Waals surface area contributed by atoms with Crippen LogP contribution in [0, 0.1) is 0 Å². The minimum atomic E-state index is -0.407. The Morgan fingerprint density at radius 2 is 2.00 bits per heavy atom. The molecule has 26 heavy (non-hydrogen) atoms. The third-order valence-electron chi connectivity index (χ3n) is 4.10. The molecule has 3 aromatic rings. The molecule has 2 N–H and O–H groups in total. The topological polar surface area (TPSA) is 79.4 Å². The van der Waals surface area contributed by atoms with E-state index in [0.29, 0.717) is 35.9 Å². The van der Waals surface area contributed by atoms with Crippen LogP contribution in [0.15, 0.2) is 40.9 Å². The Balaban J connectivity index is 1.96. The van der Waals surface area contributed by atoms with Crippen LogP contribution >= 0.6 is 15.9 Å². The summed E-state index contributed by atoms with van der Waals surface area (Å²) >= 11 is 3.44. The maximum absolute atomic E-state index is 12.0. The van der Waals surface area contributed by atoms with Crippen LogP contribution < -0.4 is 10.5 Å². The summed E-state index contributed by atoms with van der Waals surface area (Å²) in [7, 11) is 1.56. The number of methoxy groups -OCH3 is 1. The first kappa shape index (κ1) is 18.3. The van der Waals surface area contributed by atoms with E-state index >= 15 is 0 Å². The number of esters is 1. The molecule has 0 unspecified atom stereocenters. The first-order valence-corrected chi connectivity index (χ1v) is 9.08. The average Bonchev–Trinajstić information content (AvgIpc) is 2.95. The van der Waals surface area contributed by atoms with E-state index in [1.165, 1.54) is 5.56 Å². The Morgan fingerprint density at radius 3 is 2.65 bits per heavy atom. The van der Waals surface area contributed by atoms with Crippen LogP contribution in [0.25, 0.3) is 11.0 Å². The van der Waals surface area contributed by atoms with Crippen molar-refractivity contribution in [3.8, 4) is 5.75 Å². The highest BCUT2D eigenvalue weighted by Gasteiger charge is 2.18. The molecule has 0 bridgehead atoms. The zero-order valence-corrected chi connectivity index (χ0v) is 16.2. The van der Waals surface area contributed by atoms with E-state index in [-0.39, 0.29) is 0 Å². The number of benzene rings is 2. The van der Waals surface area contributed by atoms with Crippen molar-refractivity contribution in [3.05, 3.63) is 52.0 Å². The number of rotatable bonds is 6. The fourth-order valence-electron chi connectivity index (χ4n) is 2.85. The number of ether oxygens (including phenoxy) is 2. The molecule has 0 saturated carbocycles. The van der Waals surface area contributed by atoms with E-state index in [9.17, 15) is 4.79 Å². The van der Waals surface area contributed by atoms with Crippen LogP contribution in [0.2, 0.25) is 0 Å². The van der Waals surface area contributed by atoms with Crippen molar-refractivity contribution >= 4 is 38.9 Å². The van der Waals surface area contributed by atoms with Gasteiger partial charge in [0.15, 0.2) is 0 Å². The minimum absolute atomic E-state index is 0.308. The number of carbonyl (C=O) groups is 1. The lowest BCUT2D eigenvalue weighted by atomic mass is 10.1. The van der Waals surface area contributed by atoms with E-state index < -0.39 is 5.97 Å². The van der Waals surface area contributed by atoms with Gasteiger partial charge in [-0.3, -0.25) is 0 Å². The quantitative estimate of drug-likeness (QED) is 0.616. The number of imidazole rings is 1. The van der Waals surface area contributed by atoms with E-state index in [0.717, 1.165) is 16.4 Å². The summed E-state index contributed by atoms with van der Waals surface area (Å²) in [5.74, 6) is 0.526. The molecule has 0 fully saturated rings. The second kappa shape index (κ2) is 7.78. The number of aryl methyl sites for hydroxylation is 2. The van der Waals surface area contributed by atoms with Crippen molar-refractivity contribution in [2.24, 2.45) is 0 Å². The molecule has 1 aromatic heterocycles. The number of hydrogen-bond acceptors (Lipinski definition) is 5. The highest BCUT2D eigenvalue weighted by atomic mass is 79.9. The monoisotopic (exact) mass is 417 g/mol. The van der Waals surface area contributed by atoms with Crippen molar-refractivity contribution in [2.75, 3.05) is 19.5 Å². The Morgan fingerprint density at radius 1 is 1.27 bits per heavy atom. The number of fused-ring (bicyclic) bond motifs is 1. The molecule has 0 saturated heterocycles. The third kappa shape index (κ3) is 3.67. The number of nitrogens with two attached hydrogens (primary N) is 1. The van der Waals surface area contributed by atoms with E-state index in [4.69, 9.17) is 15.2 Å². The molecule has 0 spiro atoms. The van der Waals surface area contributed by atoms with Gasteiger partial charge in [0.05, 0.1) is 24.8 Å². The molecular weight excluding hydrogens is 398 g/mol. The summed E-state index contributed by atoms with van der Waals surface area (Å²) in [6.45, 7) is 2.73. The fraction of sp³-hybridized carbons (Fsp3) is 0.263. The average molecular weight is 418 g/mol. The predicted molar refractivity (Wildman–Crippen MR) is 104 cm³/mol. The summed E-state index contributed by atoms with van der Waals surface area (Å²) in [6, 6.07) is 11.5. The molecule has 0 atom stereocenters. The normalized spacial score (nSPS) is 10.9. The maximum atomic E-state index is 12.0. The van der Waals surface area contributed by atoms with Gasteiger partial charge in [0, 0.05) is 11.0 Å². The van der Waals surface area contributed by atoms with Gasteiger partial charge in [-0.15, -0.1) is 0 Å². The molecule has 1 heterocycles. The van der Waals surface area contributed by atoms with Gasteiger partial charge in [0.1, 0.15) is 11.3 Å². The van der Waals surface area contributed by atoms with Crippen LogP contribution in [-0.4, -0.2) is 29.2 Å². The second-order valence-corrected chi connectivity index (χ2v) is 6.68. The van der Waals surface area contributed by atoms with E-state index in [2.05, 4.69) is 33.0 Å². The number of hydrogen-bond donors (Lipinski definition) is 1. The molecule has 0 aliphatic rings. The van der Waals surface area contributed by atoms with Gasteiger partial charge in [0.2, 0.25) is 5.95 Å². The number of anilines is 1. The number of nitrogen functional groups attached to an aromatic ring is 1. The number of nitrogens with zero attached hydrogens (tertiary/aromatic N) is 2. The first-order valence-electron chi connectivity index (χ1n) is 8.28. The summed E-state index contributed by atoms with van der Waals surface area (Å²) in [5.41, 5.74) is 9.10. The molecule has 7 heteroatoms. The lowest BCUT2D eigenvalue weighted by molar-refractivity contribution is 0.0526. The van der Waals surface area contributed by atoms with Gasteiger partial charge in [-0.25, -0.2) is 9.78 Å². The molecule has 0 radical (unpaired) electrons. The van der Waals surface area contributed by atoms with Gasteiger partial charge in [0.25, 0.3) is 0 Å². The van der Waals surface area contributed by atoms with E-state index in [1.54, 1.807) is 26.2 Å². The van der Waals surface area contributed by atoms with Crippen molar-refractivity contribution in [2.45, 2.75) is 19.9 Å². The smallest absolute Gasteiger partial charge is 0.338 e. The van der Waals surface area contributed by atoms with Crippen LogP contribution in [0.5, 0.6) is 5.75 Å². The Bertz CT molecular complexity index is 935. The molecule has 0 aliphatic heterocycles. The summed E-state index contributed by atoms with van der Waals surface area (Å²) in [4.78, 5) is 16.4. The molecule has 6 nitrogen and oxygen atoms in total. The number of halogens is 1. The molecule has 0 amide bonds. The lowest BCUT2D eigenvalue weighted by Crippen LogP contribution is -2.07. The van der Waals surface area contributed by atoms with Crippen molar-refractivity contribution in [1.82, 2.24) is 9.55 Å². The minimum Gasteiger partial charge on any atom is -0.494 e. The number of carbonyl (C=O) groups excluding carboxylic acids is 1. The SMILES string of the molecule is CCOC(=O)c1cc(OC)c2c(c1)nc(N)n2CCc1ccc(Br)cc1. The van der Waals surface area contributed by atoms with Gasteiger partial charge in [-0.1, -0.05) is 28.1 Å². The Hall–Kier alpha value is -2.54.